The number of carbonyl (C=O) groups excluding carboxylic acids is 1. The minimum atomic E-state index is -0.418. The average Bonchev–Trinajstić information content (AvgIpc) is 3.38. The number of hydrogen-bond acceptors (Lipinski definition) is 2. The molecule has 0 unspecified atom stereocenters. The largest absolute Gasteiger partial charge is 0.365 e. The predicted octanol–water partition coefficient (Wildman–Crippen LogP) is 4.51. The Bertz CT molecular complexity index is 787. The van der Waals surface area contributed by atoms with Crippen LogP contribution in [0.1, 0.15) is 18.4 Å². The Morgan fingerprint density at radius 3 is 2.68 bits per heavy atom. The van der Waals surface area contributed by atoms with Gasteiger partial charge in [-0.3, -0.25) is 4.79 Å². The molecular weight excluding hydrogens is 322 g/mol. The molecule has 0 heterocycles. The highest BCUT2D eigenvalue weighted by Crippen LogP contribution is 2.33. The van der Waals surface area contributed by atoms with Gasteiger partial charge in [0.25, 0.3) is 0 Å². The Kier molecular flexibility index (Phi) is 5.12. The van der Waals surface area contributed by atoms with Crippen LogP contribution in [0.5, 0.6) is 0 Å². The smallest absolute Gasteiger partial charge is 0.247 e. The predicted molar refractivity (Wildman–Crippen MR) is 95.4 cm³/mol. The maximum atomic E-state index is 14.6. The van der Waals surface area contributed by atoms with Gasteiger partial charge < -0.3 is 10.2 Å². The first kappa shape index (κ1) is 17.1. The van der Waals surface area contributed by atoms with E-state index < -0.39 is 5.82 Å². The minimum absolute atomic E-state index is 0.299. The first-order valence-corrected chi connectivity index (χ1v) is 8.27. The molecular formula is C20H20F2N2O. The van der Waals surface area contributed by atoms with E-state index in [1.165, 1.54) is 18.2 Å². The fourth-order valence-corrected chi connectivity index (χ4v) is 2.75. The molecule has 1 amide bonds. The second-order valence-electron chi connectivity index (χ2n) is 6.31. The summed E-state index contributed by atoms with van der Waals surface area (Å²) in [6, 6.07) is 11.0. The van der Waals surface area contributed by atoms with Gasteiger partial charge in [-0.1, -0.05) is 18.7 Å². The van der Waals surface area contributed by atoms with Crippen LogP contribution in [0.25, 0.3) is 0 Å². The molecule has 0 saturated heterocycles. The fourth-order valence-electron chi connectivity index (χ4n) is 2.75. The van der Waals surface area contributed by atoms with Crippen molar-refractivity contribution in [3.63, 3.8) is 0 Å². The van der Waals surface area contributed by atoms with E-state index in [2.05, 4.69) is 11.9 Å². The molecule has 130 valence electrons. The molecule has 1 saturated carbocycles. The highest BCUT2D eigenvalue weighted by Gasteiger charge is 2.26. The zero-order valence-electron chi connectivity index (χ0n) is 13.8. The van der Waals surface area contributed by atoms with Crippen molar-refractivity contribution in [2.24, 2.45) is 5.92 Å². The van der Waals surface area contributed by atoms with E-state index in [9.17, 15) is 13.6 Å². The van der Waals surface area contributed by atoms with Gasteiger partial charge in [-0.25, -0.2) is 8.78 Å². The zero-order chi connectivity index (χ0) is 17.8. The molecule has 0 radical (unpaired) electrons. The number of benzene rings is 2. The van der Waals surface area contributed by atoms with E-state index in [0.717, 1.165) is 31.0 Å². The van der Waals surface area contributed by atoms with Crippen LogP contribution in [0.15, 0.2) is 55.1 Å². The highest BCUT2D eigenvalue weighted by molar-refractivity contribution is 5.98. The van der Waals surface area contributed by atoms with Gasteiger partial charge >= 0.3 is 0 Å². The molecule has 0 aliphatic heterocycles. The third-order valence-electron chi connectivity index (χ3n) is 4.18. The summed E-state index contributed by atoms with van der Waals surface area (Å²) in [6.45, 7) is 4.54. The normalized spacial score (nSPS) is 13.4. The van der Waals surface area contributed by atoms with Gasteiger partial charge in [-0.2, -0.15) is 0 Å². The number of rotatable bonds is 7. The van der Waals surface area contributed by atoms with Gasteiger partial charge in [0.05, 0.1) is 5.69 Å². The summed E-state index contributed by atoms with van der Waals surface area (Å²) in [4.78, 5) is 13.3. The first-order valence-electron chi connectivity index (χ1n) is 8.27. The first-order chi connectivity index (χ1) is 12.0. The summed E-state index contributed by atoms with van der Waals surface area (Å²) in [7, 11) is 0. The van der Waals surface area contributed by atoms with Crippen LogP contribution in [-0.2, 0) is 11.3 Å². The molecule has 0 spiro atoms. The molecule has 0 bridgehead atoms. The molecule has 5 heteroatoms. The molecule has 1 fully saturated rings. The molecule has 2 aromatic carbocycles. The van der Waals surface area contributed by atoms with Crippen LogP contribution in [0, 0.1) is 17.6 Å². The van der Waals surface area contributed by atoms with E-state index in [4.69, 9.17) is 0 Å². The van der Waals surface area contributed by atoms with E-state index in [0.29, 0.717) is 23.8 Å². The van der Waals surface area contributed by atoms with Crippen molar-refractivity contribution in [2.75, 3.05) is 16.8 Å². The quantitative estimate of drug-likeness (QED) is 0.751. The Balaban J connectivity index is 1.82. The van der Waals surface area contributed by atoms with Gasteiger partial charge in [0.15, 0.2) is 0 Å². The third-order valence-corrected chi connectivity index (χ3v) is 4.18. The monoisotopic (exact) mass is 342 g/mol. The molecule has 1 N–H and O–H groups in total. The van der Waals surface area contributed by atoms with Crippen LogP contribution < -0.4 is 10.2 Å². The molecule has 2 aromatic rings. The second-order valence-corrected chi connectivity index (χ2v) is 6.31. The number of nitrogens with one attached hydrogen (secondary N) is 1. The van der Waals surface area contributed by atoms with Gasteiger partial charge in [0, 0.05) is 18.8 Å². The molecule has 1 aliphatic carbocycles. The van der Waals surface area contributed by atoms with Gasteiger partial charge in [-0.05, 0) is 60.7 Å². The van der Waals surface area contributed by atoms with Crippen LogP contribution in [0.3, 0.4) is 0 Å². The summed E-state index contributed by atoms with van der Waals surface area (Å²) in [5.41, 5.74) is 1.63. The molecule has 1 aliphatic rings. The van der Waals surface area contributed by atoms with Gasteiger partial charge in [0.1, 0.15) is 11.6 Å². The summed E-state index contributed by atoms with van der Waals surface area (Å²) in [6.07, 6.45) is 3.40. The highest BCUT2D eigenvalue weighted by atomic mass is 19.1. The molecule has 25 heavy (non-hydrogen) atoms. The topological polar surface area (TPSA) is 32.3 Å². The van der Waals surface area contributed by atoms with Crippen LogP contribution >= 0.6 is 0 Å². The van der Waals surface area contributed by atoms with E-state index in [-0.39, 0.29) is 11.7 Å². The number of carbonyl (C=O) groups is 1. The van der Waals surface area contributed by atoms with Crippen LogP contribution in [0.2, 0.25) is 0 Å². The van der Waals surface area contributed by atoms with Gasteiger partial charge in [0.2, 0.25) is 5.91 Å². The lowest BCUT2D eigenvalue weighted by Crippen LogP contribution is -2.26. The van der Waals surface area contributed by atoms with Crippen LogP contribution in [-0.4, -0.2) is 12.5 Å². The number of nitrogens with zero attached hydrogens (tertiary/aromatic N) is 1. The second kappa shape index (κ2) is 7.47. The van der Waals surface area contributed by atoms with Crippen molar-refractivity contribution in [1.29, 1.82) is 0 Å². The average molecular weight is 342 g/mol. The van der Waals surface area contributed by atoms with Crippen molar-refractivity contribution in [3.05, 3.63) is 72.3 Å². The van der Waals surface area contributed by atoms with Crippen molar-refractivity contribution in [2.45, 2.75) is 19.4 Å². The Morgan fingerprint density at radius 2 is 2.04 bits per heavy atom. The van der Waals surface area contributed by atoms with E-state index >= 15 is 0 Å². The Hall–Kier alpha value is -2.69. The summed E-state index contributed by atoms with van der Waals surface area (Å²) < 4.78 is 28.1. The summed E-state index contributed by atoms with van der Waals surface area (Å²) in [5, 5.41) is 2.54. The molecule has 0 aromatic heterocycles. The third kappa shape index (κ3) is 4.66. The lowest BCUT2D eigenvalue weighted by molar-refractivity contribution is -0.111. The molecule has 0 atom stereocenters. The maximum absolute atomic E-state index is 14.6. The van der Waals surface area contributed by atoms with Crippen LogP contribution in [0.4, 0.5) is 20.2 Å². The Morgan fingerprint density at radius 1 is 1.24 bits per heavy atom. The van der Waals surface area contributed by atoms with Crippen molar-refractivity contribution >= 4 is 17.3 Å². The Labute approximate surface area is 146 Å². The molecule has 3 rings (SSSR count). The standard InChI is InChI=1S/C20H20F2N2O/c1-2-20(25)23-17-8-9-19(18(22)11-17)24(12-14-6-7-14)13-15-4-3-5-16(21)10-15/h2-5,8-11,14H,1,6-7,12-13H2,(H,23,25). The van der Waals surface area contributed by atoms with Crippen molar-refractivity contribution in [3.8, 4) is 0 Å². The number of amides is 1. The SMILES string of the molecule is C=CC(=O)Nc1ccc(N(Cc2cccc(F)c2)CC2CC2)c(F)c1. The number of hydrogen-bond donors (Lipinski definition) is 1. The lowest BCUT2D eigenvalue weighted by atomic mass is 10.1. The minimum Gasteiger partial charge on any atom is -0.365 e. The van der Waals surface area contributed by atoms with Crippen molar-refractivity contribution < 1.29 is 13.6 Å². The van der Waals surface area contributed by atoms with Gasteiger partial charge in [-0.15, -0.1) is 0 Å². The number of halogens is 2. The summed E-state index contributed by atoms with van der Waals surface area (Å²) in [5.74, 6) is -0.555. The van der Waals surface area contributed by atoms with E-state index in [1.54, 1.807) is 18.2 Å². The fraction of sp³-hybridized carbons (Fsp3) is 0.250. The summed E-state index contributed by atoms with van der Waals surface area (Å²) >= 11 is 0. The van der Waals surface area contributed by atoms with Crippen molar-refractivity contribution in [1.82, 2.24) is 0 Å². The zero-order valence-corrected chi connectivity index (χ0v) is 13.8. The maximum Gasteiger partial charge on any atom is 0.247 e. The number of anilines is 2. The lowest BCUT2D eigenvalue weighted by Gasteiger charge is -2.26. The molecule has 3 nitrogen and oxygen atoms in total. The van der Waals surface area contributed by atoms with E-state index in [1.807, 2.05) is 11.0 Å².